The number of fused-ring (bicyclic) bond motifs is 7. The SMILES string of the molecule is CC1(C)c2ccccc2-c2nc(-c3cccc(-c4nc5ccccc5n4-c4ccccc4)c3)nc(-c3cccc(-c4cccc5c4oc4ccccc45)c3)c21. The summed E-state index contributed by atoms with van der Waals surface area (Å²) in [5.41, 5.74) is 15.1. The Bertz CT molecular complexity index is 3130. The van der Waals surface area contributed by atoms with Gasteiger partial charge in [0.1, 0.15) is 17.0 Å². The molecule has 5 heteroatoms. The lowest BCUT2D eigenvalue weighted by atomic mass is 9.80. The molecule has 0 fully saturated rings. The molecule has 0 N–H and O–H groups in total. The van der Waals surface area contributed by atoms with E-state index in [1.54, 1.807) is 0 Å². The van der Waals surface area contributed by atoms with Gasteiger partial charge in [0.05, 0.1) is 22.4 Å². The maximum atomic E-state index is 6.48. The first-order chi connectivity index (χ1) is 27.0. The quantitative estimate of drug-likeness (QED) is 0.179. The van der Waals surface area contributed by atoms with Crippen molar-refractivity contribution in [3.63, 3.8) is 0 Å². The van der Waals surface area contributed by atoms with Gasteiger partial charge in [-0.1, -0.05) is 141 Å². The molecule has 0 spiro atoms. The Morgan fingerprint density at radius 3 is 2.07 bits per heavy atom. The third-order valence-electron chi connectivity index (χ3n) is 11.2. The summed E-state index contributed by atoms with van der Waals surface area (Å²) in [6.45, 7) is 4.58. The van der Waals surface area contributed by atoms with E-state index in [9.17, 15) is 0 Å². The molecular weight excluding hydrogens is 673 g/mol. The van der Waals surface area contributed by atoms with Gasteiger partial charge < -0.3 is 4.42 Å². The maximum Gasteiger partial charge on any atom is 0.160 e. The molecule has 7 aromatic carbocycles. The molecule has 55 heavy (non-hydrogen) atoms. The van der Waals surface area contributed by atoms with Crippen molar-refractivity contribution in [2.75, 3.05) is 0 Å². The second-order valence-corrected chi connectivity index (χ2v) is 14.8. The Kier molecular flexibility index (Phi) is 6.83. The third-order valence-corrected chi connectivity index (χ3v) is 11.2. The van der Waals surface area contributed by atoms with Crippen LogP contribution < -0.4 is 0 Å². The Morgan fingerprint density at radius 1 is 0.509 bits per heavy atom. The highest BCUT2D eigenvalue weighted by atomic mass is 16.3. The van der Waals surface area contributed by atoms with Gasteiger partial charge in [-0.2, -0.15) is 0 Å². The van der Waals surface area contributed by atoms with E-state index in [0.29, 0.717) is 5.82 Å². The van der Waals surface area contributed by atoms with Crippen LogP contribution >= 0.6 is 0 Å². The van der Waals surface area contributed by atoms with Crippen LogP contribution in [0.4, 0.5) is 0 Å². The lowest BCUT2D eigenvalue weighted by Crippen LogP contribution is -2.17. The first-order valence-electron chi connectivity index (χ1n) is 18.7. The van der Waals surface area contributed by atoms with Crippen LogP contribution in [0.2, 0.25) is 0 Å². The summed E-state index contributed by atoms with van der Waals surface area (Å²) < 4.78 is 8.71. The van der Waals surface area contributed by atoms with Crippen molar-refractivity contribution < 1.29 is 4.42 Å². The lowest BCUT2D eigenvalue weighted by Gasteiger charge is -2.24. The summed E-state index contributed by atoms with van der Waals surface area (Å²) in [6.07, 6.45) is 0. The van der Waals surface area contributed by atoms with Crippen molar-refractivity contribution in [2.45, 2.75) is 19.3 Å². The minimum absolute atomic E-state index is 0.309. The van der Waals surface area contributed by atoms with Crippen LogP contribution in [0.15, 0.2) is 174 Å². The Morgan fingerprint density at radius 2 is 1.16 bits per heavy atom. The number of aromatic nitrogens is 4. The highest BCUT2D eigenvalue weighted by Crippen LogP contribution is 2.51. The van der Waals surface area contributed by atoms with Crippen LogP contribution in [0.1, 0.15) is 25.0 Å². The number of furan rings is 1. The summed E-state index contributed by atoms with van der Waals surface area (Å²) in [5.74, 6) is 1.55. The largest absolute Gasteiger partial charge is 0.455 e. The minimum Gasteiger partial charge on any atom is -0.455 e. The fourth-order valence-corrected chi connectivity index (χ4v) is 8.62. The van der Waals surface area contributed by atoms with E-state index in [-0.39, 0.29) is 5.41 Å². The molecule has 3 heterocycles. The van der Waals surface area contributed by atoms with E-state index in [1.165, 1.54) is 5.56 Å². The highest BCUT2D eigenvalue weighted by molar-refractivity contribution is 6.09. The average Bonchev–Trinajstić information content (AvgIpc) is 3.89. The Balaban J connectivity index is 1.11. The molecule has 5 nitrogen and oxygen atoms in total. The molecular formula is C50H34N4O. The average molecular weight is 707 g/mol. The second-order valence-electron chi connectivity index (χ2n) is 14.8. The molecule has 1 aliphatic carbocycles. The summed E-state index contributed by atoms with van der Waals surface area (Å²) in [6, 6.07) is 59.2. The molecule has 0 unspecified atom stereocenters. The summed E-state index contributed by atoms with van der Waals surface area (Å²) >= 11 is 0. The number of rotatable bonds is 5. The smallest absolute Gasteiger partial charge is 0.160 e. The van der Waals surface area contributed by atoms with Gasteiger partial charge in [0, 0.05) is 55.3 Å². The van der Waals surface area contributed by atoms with E-state index >= 15 is 0 Å². The van der Waals surface area contributed by atoms with Crippen molar-refractivity contribution in [1.29, 1.82) is 0 Å². The molecule has 0 amide bonds. The van der Waals surface area contributed by atoms with Crippen LogP contribution in [0.3, 0.4) is 0 Å². The van der Waals surface area contributed by atoms with Gasteiger partial charge >= 0.3 is 0 Å². The van der Waals surface area contributed by atoms with Gasteiger partial charge in [0.25, 0.3) is 0 Å². The first kappa shape index (κ1) is 31.4. The number of imidazole rings is 1. The normalized spacial score (nSPS) is 13.1. The molecule has 0 atom stereocenters. The molecule has 11 rings (SSSR count). The molecule has 10 aromatic rings. The fraction of sp³-hybridized carbons (Fsp3) is 0.0600. The number of hydrogen-bond donors (Lipinski definition) is 0. The van der Waals surface area contributed by atoms with Crippen molar-refractivity contribution in [1.82, 2.24) is 19.5 Å². The molecule has 0 saturated carbocycles. The van der Waals surface area contributed by atoms with E-state index in [2.05, 4.69) is 164 Å². The van der Waals surface area contributed by atoms with Gasteiger partial charge in [0.15, 0.2) is 5.82 Å². The van der Waals surface area contributed by atoms with E-state index < -0.39 is 0 Å². The molecule has 0 aliphatic heterocycles. The van der Waals surface area contributed by atoms with Gasteiger partial charge in [0.2, 0.25) is 0 Å². The minimum atomic E-state index is -0.309. The monoisotopic (exact) mass is 706 g/mol. The number of benzene rings is 7. The second kappa shape index (κ2) is 12.0. The molecule has 0 radical (unpaired) electrons. The number of hydrogen-bond acceptors (Lipinski definition) is 4. The van der Waals surface area contributed by atoms with Crippen molar-refractivity contribution in [2.24, 2.45) is 0 Å². The number of para-hydroxylation sites is 5. The van der Waals surface area contributed by atoms with Crippen LogP contribution in [0, 0.1) is 0 Å². The van der Waals surface area contributed by atoms with Crippen molar-refractivity contribution in [3.05, 3.63) is 181 Å². The third kappa shape index (κ3) is 4.83. The summed E-state index contributed by atoms with van der Waals surface area (Å²) in [7, 11) is 0. The van der Waals surface area contributed by atoms with Crippen LogP contribution in [0.25, 0.3) is 95.1 Å². The predicted octanol–water partition coefficient (Wildman–Crippen LogP) is 12.7. The topological polar surface area (TPSA) is 56.7 Å². The van der Waals surface area contributed by atoms with Crippen LogP contribution in [-0.4, -0.2) is 19.5 Å². The van der Waals surface area contributed by atoms with Crippen molar-refractivity contribution >= 4 is 33.0 Å². The zero-order valence-corrected chi connectivity index (χ0v) is 30.4. The fourth-order valence-electron chi connectivity index (χ4n) is 8.62. The van der Waals surface area contributed by atoms with E-state index in [0.717, 1.165) is 94.8 Å². The maximum absolute atomic E-state index is 6.48. The first-order valence-corrected chi connectivity index (χ1v) is 18.7. The summed E-state index contributed by atoms with van der Waals surface area (Å²) in [4.78, 5) is 16.0. The predicted molar refractivity (Wildman–Crippen MR) is 223 cm³/mol. The number of nitrogens with zero attached hydrogens (tertiary/aromatic N) is 4. The van der Waals surface area contributed by atoms with Gasteiger partial charge in [-0.05, 0) is 53.6 Å². The molecule has 3 aromatic heterocycles. The Labute approximate surface area is 318 Å². The molecule has 1 aliphatic rings. The zero-order chi connectivity index (χ0) is 36.7. The van der Waals surface area contributed by atoms with Crippen LogP contribution in [0.5, 0.6) is 0 Å². The Hall–Kier alpha value is -7.11. The van der Waals surface area contributed by atoms with Crippen LogP contribution in [-0.2, 0) is 5.41 Å². The molecule has 0 bridgehead atoms. The van der Waals surface area contributed by atoms with E-state index in [4.69, 9.17) is 19.4 Å². The summed E-state index contributed by atoms with van der Waals surface area (Å²) in [5, 5.41) is 2.23. The van der Waals surface area contributed by atoms with Gasteiger partial charge in [-0.25, -0.2) is 15.0 Å². The van der Waals surface area contributed by atoms with Gasteiger partial charge in [-0.15, -0.1) is 0 Å². The standard InChI is InChI=1S/C50H34N4O/c1-50(2)40-25-8-6-22-39(40)46-44(50)45(32-16-12-15-31(29-32)36-23-14-24-38-37-21-7-11-28-43(37)55-47(36)38)52-48(53-46)33-17-13-18-34(30-33)49-51-41-26-9-10-27-42(41)54(49)35-19-4-3-5-20-35/h3-30H,1-2H3. The molecule has 0 saturated heterocycles. The highest BCUT2D eigenvalue weighted by Gasteiger charge is 2.40. The lowest BCUT2D eigenvalue weighted by molar-refractivity contribution is 0.658. The van der Waals surface area contributed by atoms with E-state index in [1.807, 2.05) is 24.3 Å². The van der Waals surface area contributed by atoms with Crippen molar-refractivity contribution in [3.8, 4) is 62.1 Å². The zero-order valence-electron chi connectivity index (χ0n) is 30.4. The van der Waals surface area contributed by atoms with Gasteiger partial charge in [-0.3, -0.25) is 4.57 Å². The molecule has 260 valence electrons.